The Kier molecular flexibility index (Phi) is 5.18. The molecule has 230 valence electrons. The van der Waals surface area contributed by atoms with Crippen molar-refractivity contribution in [2.75, 3.05) is 0 Å². The highest BCUT2D eigenvalue weighted by atomic mass is 15.1. The van der Waals surface area contributed by atoms with Gasteiger partial charge in [0.2, 0.25) is 0 Å². The first-order chi connectivity index (χ1) is 24.1. The van der Waals surface area contributed by atoms with Gasteiger partial charge < -0.3 is 4.40 Å². The minimum Gasteiger partial charge on any atom is -0.308 e. The predicted octanol–water partition coefficient (Wildman–Crippen LogP) is 11.8. The van der Waals surface area contributed by atoms with Crippen molar-refractivity contribution >= 4 is 49.1 Å². The molecule has 0 bridgehead atoms. The lowest BCUT2D eigenvalue weighted by molar-refractivity contribution is 0.661. The molecule has 0 amide bonds. The number of benzene rings is 7. The van der Waals surface area contributed by atoms with Gasteiger partial charge in [-0.3, -0.25) is 4.57 Å². The maximum atomic E-state index is 5.17. The van der Waals surface area contributed by atoms with Crippen molar-refractivity contribution in [1.82, 2.24) is 14.0 Å². The van der Waals surface area contributed by atoms with Crippen LogP contribution in [0.2, 0.25) is 0 Å². The number of aromatic nitrogens is 3. The van der Waals surface area contributed by atoms with Gasteiger partial charge in [-0.25, -0.2) is 4.98 Å². The first kappa shape index (κ1) is 26.8. The van der Waals surface area contributed by atoms with E-state index in [0.717, 1.165) is 28.1 Å². The molecule has 1 aliphatic carbocycles. The zero-order valence-corrected chi connectivity index (χ0v) is 27.3. The fourth-order valence-electron chi connectivity index (χ4n) is 8.73. The van der Waals surface area contributed by atoms with Crippen molar-refractivity contribution in [3.05, 3.63) is 163 Å². The van der Waals surface area contributed by atoms with E-state index in [1.54, 1.807) is 0 Å². The smallest absolute Gasteiger partial charge is 0.145 e. The van der Waals surface area contributed by atoms with Crippen molar-refractivity contribution in [1.29, 1.82) is 0 Å². The molecule has 0 saturated carbocycles. The molecule has 10 aromatic rings. The van der Waals surface area contributed by atoms with Crippen LogP contribution in [0, 0.1) is 0 Å². The molecule has 0 aliphatic heterocycles. The molecule has 3 aromatic heterocycles. The van der Waals surface area contributed by atoms with Gasteiger partial charge >= 0.3 is 0 Å². The van der Waals surface area contributed by atoms with Gasteiger partial charge in [-0.15, -0.1) is 0 Å². The lowest BCUT2D eigenvalue weighted by atomic mass is 9.81. The molecule has 0 unspecified atom stereocenters. The lowest BCUT2D eigenvalue weighted by Gasteiger charge is -2.22. The Morgan fingerprint density at radius 3 is 1.88 bits per heavy atom. The Morgan fingerprint density at radius 2 is 1.06 bits per heavy atom. The number of imidazole rings is 1. The number of rotatable bonds is 3. The topological polar surface area (TPSA) is 22.2 Å². The van der Waals surface area contributed by atoms with E-state index in [1.165, 1.54) is 71.5 Å². The summed E-state index contributed by atoms with van der Waals surface area (Å²) in [6, 6.07) is 55.5. The second-order valence-electron chi connectivity index (χ2n) is 14.0. The summed E-state index contributed by atoms with van der Waals surface area (Å²) in [6.45, 7) is 4.74. The van der Waals surface area contributed by atoms with Crippen LogP contribution in [0.1, 0.15) is 25.0 Å². The zero-order chi connectivity index (χ0) is 32.4. The molecule has 3 nitrogen and oxygen atoms in total. The van der Waals surface area contributed by atoms with E-state index in [0.29, 0.717) is 0 Å². The lowest BCUT2D eigenvalue weighted by Crippen LogP contribution is -2.15. The van der Waals surface area contributed by atoms with Crippen LogP contribution in [0.25, 0.3) is 88.5 Å². The SMILES string of the molecule is CC1(C)c2cc(-c3ccc4c(c3)c3cccc5c6ccccc6n4c53)ccc2-c2ccc(-c3nc4ccccc4n3-c3ccccc3)cc21. The van der Waals surface area contributed by atoms with E-state index in [9.17, 15) is 0 Å². The zero-order valence-electron chi connectivity index (χ0n) is 27.3. The van der Waals surface area contributed by atoms with E-state index in [1.807, 2.05) is 0 Å². The number of nitrogens with zero attached hydrogens (tertiary/aromatic N) is 3. The van der Waals surface area contributed by atoms with E-state index >= 15 is 0 Å². The molecule has 0 atom stereocenters. The minimum atomic E-state index is -0.167. The molecule has 3 heterocycles. The highest BCUT2D eigenvalue weighted by molar-refractivity contribution is 6.23. The van der Waals surface area contributed by atoms with Crippen LogP contribution in [0.3, 0.4) is 0 Å². The fourth-order valence-corrected chi connectivity index (χ4v) is 8.73. The van der Waals surface area contributed by atoms with Crippen LogP contribution in [-0.2, 0) is 5.41 Å². The molecular weight excluding hydrogens is 595 g/mol. The molecule has 0 N–H and O–H groups in total. The quantitative estimate of drug-likeness (QED) is 0.191. The number of hydrogen-bond donors (Lipinski definition) is 0. The second-order valence-corrected chi connectivity index (χ2v) is 14.0. The van der Waals surface area contributed by atoms with E-state index in [2.05, 4.69) is 174 Å². The van der Waals surface area contributed by atoms with E-state index < -0.39 is 0 Å². The molecule has 3 heteroatoms. The molecule has 11 rings (SSSR count). The van der Waals surface area contributed by atoms with Crippen molar-refractivity contribution < 1.29 is 0 Å². The summed E-state index contributed by atoms with van der Waals surface area (Å²) in [7, 11) is 0. The maximum absolute atomic E-state index is 5.17. The fraction of sp³-hybridized carbons (Fsp3) is 0.0652. The van der Waals surface area contributed by atoms with Crippen LogP contribution in [-0.4, -0.2) is 14.0 Å². The molecule has 0 fully saturated rings. The number of para-hydroxylation sites is 5. The second kappa shape index (κ2) is 9.46. The first-order valence-electron chi connectivity index (χ1n) is 17.1. The van der Waals surface area contributed by atoms with Crippen molar-refractivity contribution in [3.63, 3.8) is 0 Å². The molecule has 49 heavy (non-hydrogen) atoms. The summed E-state index contributed by atoms with van der Waals surface area (Å²) >= 11 is 0. The molecular formula is C46H31N3. The Hall–Kier alpha value is -6.19. The van der Waals surface area contributed by atoms with Gasteiger partial charge in [0.25, 0.3) is 0 Å². The molecule has 0 radical (unpaired) electrons. The van der Waals surface area contributed by atoms with Crippen molar-refractivity contribution in [2.24, 2.45) is 0 Å². The molecule has 1 aliphatic rings. The van der Waals surface area contributed by atoms with Gasteiger partial charge in [-0.2, -0.15) is 0 Å². The number of fused-ring (bicyclic) bond motifs is 10. The van der Waals surface area contributed by atoms with E-state index in [4.69, 9.17) is 4.98 Å². The third-order valence-electron chi connectivity index (χ3n) is 11.1. The Labute approximate surface area is 283 Å². The Morgan fingerprint density at radius 1 is 0.469 bits per heavy atom. The maximum Gasteiger partial charge on any atom is 0.145 e. The summed E-state index contributed by atoms with van der Waals surface area (Å²) in [6.07, 6.45) is 0. The largest absolute Gasteiger partial charge is 0.308 e. The Bertz CT molecular complexity index is 2960. The minimum absolute atomic E-state index is 0.167. The highest BCUT2D eigenvalue weighted by Gasteiger charge is 2.36. The van der Waals surface area contributed by atoms with Gasteiger partial charge in [-0.1, -0.05) is 111 Å². The Balaban J connectivity index is 1.04. The van der Waals surface area contributed by atoms with Crippen molar-refractivity contribution in [2.45, 2.75) is 19.3 Å². The van der Waals surface area contributed by atoms with Crippen LogP contribution in [0.15, 0.2) is 152 Å². The normalized spacial score (nSPS) is 13.7. The van der Waals surface area contributed by atoms with Crippen LogP contribution < -0.4 is 0 Å². The summed E-state index contributed by atoms with van der Waals surface area (Å²) in [5, 5.41) is 5.25. The van der Waals surface area contributed by atoms with Gasteiger partial charge in [0, 0.05) is 38.2 Å². The van der Waals surface area contributed by atoms with Crippen molar-refractivity contribution in [3.8, 4) is 39.3 Å². The average molecular weight is 626 g/mol. The molecule has 0 saturated heterocycles. The third-order valence-corrected chi connectivity index (χ3v) is 11.1. The van der Waals surface area contributed by atoms with Gasteiger partial charge in [0.15, 0.2) is 0 Å². The van der Waals surface area contributed by atoms with Gasteiger partial charge in [0.1, 0.15) is 5.82 Å². The monoisotopic (exact) mass is 625 g/mol. The number of hydrogen-bond acceptors (Lipinski definition) is 1. The highest BCUT2D eigenvalue weighted by Crippen LogP contribution is 2.51. The first-order valence-corrected chi connectivity index (χ1v) is 17.1. The molecule has 0 spiro atoms. The van der Waals surface area contributed by atoms with Crippen LogP contribution in [0.4, 0.5) is 0 Å². The van der Waals surface area contributed by atoms with Gasteiger partial charge in [0.05, 0.1) is 27.6 Å². The standard InChI is InChI=1S/C46H31N3/c1-46(2)38-26-29(28-21-24-42-37(25-28)36-15-10-14-35-34-13-6-8-17-41(34)49(42)44(35)36)19-22-32(38)33-23-20-30(27-39(33)46)45-47-40-16-7-9-18-43(40)48(45)31-11-4-3-5-12-31/h3-27H,1-2H3. The summed E-state index contributed by atoms with van der Waals surface area (Å²) in [4.78, 5) is 5.17. The summed E-state index contributed by atoms with van der Waals surface area (Å²) < 4.78 is 4.74. The predicted molar refractivity (Wildman–Crippen MR) is 204 cm³/mol. The average Bonchev–Trinajstić information content (AvgIpc) is 3.86. The van der Waals surface area contributed by atoms with Crippen LogP contribution in [0.5, 0.6) is 0 Å². The van der Waals surface area contributed by atoms with E-state index in [-0.39, 0.29) is 5.41 Å². The van der Waals surface area contributed by atoms with Gasteiger partial charge in [-0.05, 0) is 88.0 Å². The summed E-state index contributed by atoms with van der Waals surface area (Å²) in [5.74, 6) is 0.967. The third kappa shape index (κ3) is 3.54. The summed E-state index contributed by atoms with van der Waals surface area (Å²) in [5.41, 5.74) is 15.9. The van der Waals surface area contributed by atoms with Crippen LogP contribution >= 0.6 is 0 Å². The molecule has 7 aromatic carbocycles.